The molecular weight excluding hydrogens is 544 g/mol. The molecule has 36 heavy (non-hydrogen) atoms. The molecule has 1 aromatic carbocycles. The van der Waals surface area contributed by atoms with Gasteiger partial charge in [0.2, 0.25) is 0 Å². The van der Waals surface area contributed by atoms with E-state index in [0.717, 1.165) is 10.4 Å². The van der Waals surface area contributed by atoms with Gasteiger partial charge in [-0.3, -0.25) is 14.4 Å². The van der Waals surface area contributed by atoms with Crippen LogP contribution in [0.4, 0.5) is 13.2 Å². The van der Waals surface area contributed by atoms with Crippen molar-refractivity contribution in [2.75, 3.05) is 13.2 Å². The maximum absolute atomic E-state index is 14.2. The number of nitrogens with one attached hydrogen (secondary N) is 1. The summed E-state index contributed by atoms with van der Waals surface area (Å²) in [7, 11) is 0. The molecule has 0 radical (unpaired) electrons. The van der Waals surface area contributed by atoms with E-state index in [1.807, 2.05) is 0 Å². The van der Waals surface area contributed by atoms with Crippen molar-refractivity contribution in [2.24, 2.45) is 5.16 Å². The smallest absolute Gasteiger partial charge is 0.372 e. The van der Waals surface area contributed by atoms with Crippen LogP contribution in [0.2, 0.25) is 10.0 Å². The van der Waals surface area contributed by atoms with E-state index >= 15 is 0 Å². The third-order valence-electron chi connectivity index (χ3n) is 6.22. The molecule has 0 aliphatic carbocycles. The van der Waals surface area contributed by atoms with Crippen molar-refractivity contribution in [2.45, 2.75) is 44.3 Å². The lowest BCUT2D eigenvalue weighted by Gasteiger charge is -2.30. The van der Waals surface area contributed by atoms with Crippen LogP contribution in [0.1, 0.15) is 39.0 Å². The minimum atomic E-state index is -4.78. The second kappa shape index (κ2) is 9.09. The minimum absolute atomic E-state index is 0.0561. The zero-order valence-corrected chi connectivity index (χ0v) is 21.0. The number of nitrogens with zero attached hydrogens (tertiary/aromatic N) is 3. The number of fused-ring (bicyclic) bond motifs is 1. The lowest BCUT2D eigenvalue weighted by atomic mass is 9.89. The van der Waals surface area contributed by atoms with Gasteiger partial charge in [-0.1, -0.05) is 28.4 Å². The van der Waals surface area contributed by atoms with Gasteiger partial charge in [-0.25, -0.2) is 5.06 Å². The predicted octanol–water partition coefficient (Wildman–Crippen LogP) is 4.45. The summed E-state index contributed by atoms with van der Waals surface area (Å²) >= 11 is 13.1. The molecule has 1 N–H and O–H groups in total. The van der Waals surface area contributed by atoms with Crippen LogP contribution in [0.5, 0.6) is 0 Å². The molecule has 192 valence electrons. The normalized spacial score (nSPS) is 23.7. The molecule has 3 aliphatic rings. The Bertz CT molecular complexity index is 1230. The molecule has 0 bridgehead atoms. The van der Waals surface area contributed by atoms with E-state index in [0.29, 0.717) is 11.4 Å². The van der Waals surface area contributed by atoms with Gasteiger partial charge in [0.05, 0.1) is 17.8 Å². The molecular formula is C22H19Cl2F3N4O4S. The summed E-state index contributed by atoms with van der Waals surface area (Å²) in [5.41, 5.74) is -2.14. The van der Waals surface area contributed by atoms with Crippen LogP contribution in [0.25, 0.3) is 0 Å². The molecule has 0 saturated carbocycles. The number of alkyl halides is 3. The number of benzene rings is 1. The Hall–Kier alpha value is -2.54. The highest BCUT2D eigenvalue weighted by atomic mass is 35.5. The van der Waals surface area contributed by atoms with Crippen LogP contribution in [0.3, 0.4) is 0 Å². The van der Waals surface area contributed by atoms with Crippen molar-refractivity contribution in [1.82, 2.24) is 15.3 Å². The Kier molecular flexibility index (Phi) is 6.34. The minimum Gasteiger partial charge on any atom is -0.372 e. The number of amidine groups is 1. The zero-order chi connectivity index (χ0) is 25.8. The molecule has 1 aromatic heterocycles. The van der Waals surface area contributed by atoms with Crippen LogP contribution >= 0.6 is 34.5 Å². The first-order valence-electron chi connectivity index (χ1n) is 10.9. The van der Waals surface area contributed by atoms with Crippen LogP contribution < -0.4 is 5.32 Å². The summed E-state index contributed by atoms with van der Waals surface area (Å²) in [6.07, 6.45) is -5.33. The number of amides is 2. The number of rotatable bonds is 4. The summed E-state index contributed by atoms with van der Waals surface area (Å²) in [5.74, 6) is -0.586. The van der Waals surface area contributed by atoms with Crippen LogP contribution in [0.15, 0.2) is 29.4 Å². The van der Waals surface area contributed by atoms with Gasteiger partial charge in [-0.05, 0) is 36.8 Å². The van der Waals surface area contributed by atoms with Gasteiger partial charge >= 0.3 is 6.18 Å². The first-order chi connectivity index (χ1) is 17.0. The van der Waals surface area contributed by atoms with Crippen LogP contribution in [0, 0.1) is 0 Å². The Balaban J connectivity index is 1.28. The number of carbonyl (C=O) groups excluding carboxylic acids is 2. The second-order valence-corrected chi connectivity index (χ2v) is 10.5. The number of hydroxylamine groups is 2. The number of oxime groups is 1. The fourth-order valence-electron chi connectivity index (χ4n) is 4.36. The Labute approximate surface area is 217 Å². The van der Waals surface area contributed by atoms with Crippen LogP contribution in [-0.4, -0.2) is 53.0 Å². The maximum atomic E-state index is 14.2. The standard InChI is InChI=1S/C22H19Cl2F3N4O4S/c1-2-31-20(33)15(10-34-31)28-19(32)16-3-11-8-30(9-17(11)36-16)18-7-21(35-29-18,22(25,26)27)12-4-13(23)6-14(24)5-12/h3-6,15H,2,7-10H2,1H3,(H,28,32)/t15-,21?/m1/s1. The van der Waals surface area contributed by atoms with E-state index in [-0.39, 0.29) is 47.0 Å². The largest absolute Gasteiger partial charge is 0.435 e. The lowest BCUT2D eigenvalue weighted by Crippen LogP contribution is -2.43. The fraction of sp³-hybridized carbons (Fsp3) is 0.409. The molecule has 8 nitrogen and oxygen atoms in total. The van der Waals surface area contributed by atoms with E-state index in [1.165, 1.54) is 34.6 Å². The average molecular weight is 563 g/mol. The van der Waals surface area contributed by atoms with Crippen LogP contribution in [-0.2, 0) is 33.2 Å². The molecule has 5 rings (SSSR count). The summed E-state index contributed by atoms with van der Waals surface area (Å²) in [4.78, 5) is 38.0. The number of hydrogen-bond donors (Lipinski definition) is 1. The monoisotopic (exact) mass is 562 g/mol. The summed E-state index contributed by atoms with van der Waals surface area (Å²) in [5, 5.41) is 7.77. The molecule has 0 spiro atoms. The molecule has 14 heteroatoms. The number of likely N-dealkylation sites (N-methyl/N-ethyl adjacent to an activating group) is 1. The lowest BCUT2D eigenvalue weighted by molar-refractivity contribution is -0.275. The highest BCUT2D eigenvalue weighted by molar-refractivity contribution is 7.14. The number of hydrogen-bond acceptors (Lipinski definition) is 7. The second-order valence-electron chi connectivity index (χ2n) is 8.53. The molecule has 3 aliphatic heterocycles. The van der Waals surface area contributed by atoms with Crippen molar-refractivity contribution in [3.8, 4) is 0 Å². The number of thiophene rings is 1. The Morgan fingerprint density at radius 1 is 1.25 bits per heavy atom. The third kappa shape index (κ3) is 4.29. The van der Waals surface area contributed by atoms with Gasteiger partial charge in [0.25, 0.3) is 17.4 Å². The van der Waals surface area contributed by atoms with Crippen molar-refractivity contribution in [3.63, 3.8) is 0 Å². The summed E-state index contributed by atoms with van der Waals surface area (Å²) in [6, 6.07) is 4.61. The average Bonchev–Trinajstić information content (AvgIpc) is 3.55. The highest BCUT2D eigenvalue weighted by Gasteiger charge is 2.63. The van der Waals surface area contributed by atoms with E-state index < -0.39 is 30.1 Å². The Morgan fingerprint density at radius 2 is 1.97 bits per heavy atom. The molecule has 1 saturated heterocycles. The quantitative estimate of drug-likeness (QED) is 0.595. The topological polar surface area (TPSA) is 83.5 Å². The fourth-order valence-corrected chi connectivity index (χ4v) is 5.98. The third-order valence-corrected chi connectivity index (χ3v) is 7.81. The number of carbonyl (C=O) groups is 2. The van der Waals surface area contributed by atoms with Gasteiger partial charge in [0, 0.05) is 33.6 Å². The molecule has 1 fully saturated rings. The van der Waals surface area contributed by atoms with E-state index in [9.17, 15) is 22.8 Å². The van der Waals surface area contributed by atoms with Gasteiger partial charge in [0.1, 0.15) is 18.5 Å². The first-order valence-corrected chi connectivity index (χ1v) is 12.5. The summed E-state index contributed by atoms with van der Waals surface area (Å²) in [6.45, 7) is 2.74. The van der Waals surface area contributed by atoms with Gasteiger partial charge < -0.3 is 15.1 Å². The highest BCUT2D eigenvalue weighted by Crippen LogP contribution is 2.50. The molecule has 1 unspecified atom stereocenters. The predicted molar refractivity (Wildman–Crippen MR) is 125 cm³/mol. The van der Waals surface area contributed by atoms with Gasteiger partial charge in [0.15, 0.2) is 0 Å². The van der Waals surface area contributed by atoms with Crippen molar-refractivity contribution < 1.29 is 32.4 Å². The van der Waals surface area contributed by atoms with E-state index in [2.05, 4.69) is 10.5 Å². The van der Waals surface area contributed by atoms with E-state index in [4.69, 9.17) is 32.9 Å². The number of halogens is 5. The Morgan fingerprint density at radius 3 is 2.58 bits per heavy atom. The molecule has 2 atom stereocenters. The van der Waals surface area contributed by atoms with Crippen molar-refractivity contribution >= 4 is 52.2 Å². The maximum Gasteiger partial charge on any atom is 0.435 e. The molecule has 2 aromatic rings. The summed E-state index contributed by atoms with van der Waals surface area (Å²) < 4.78 is 42.7. The molecule has 2 amide bonds. The molecule has 4 heterocycles. The van der Waals surface area contributed by atoms with E-state index in [1.54, 1.807) is 17.9 Å². The zero-order valence-electron chi connectivity index (χ0n) is 18.7. The van der Waals surface area contributed by atoms with Crippen molar-refractivity contribution in [3.05, 3.63) is 55.2 Å². The SMILES string of the molecule is CCN1OC[C@@H](NC(=O)c2cc3c(s2)CN(C2=NOC(c4cc(Cl)cc(Cl)c4)(C(F)(F)F)C2)C3)C1=O. The van der Waals surface area contributed by atoms with Gasteiger partial charge in [-0.2, -0.15) is 13.2 Å². The van der Waals surface area contributed by atoms with Crippen molar-refractivity contribution in [1.29, 1.82) is 0 Å². The van der Waals surface area contributed by atoms with Gasteiger partial charge in [-0.15, -0.1) is 11.3 Å². The first kappa shape index (κ1) is 25.1.